The third kappa shape index (κ3) is 4.93. The van der Waals surface area contributed by atoms with Gasteiger partial charge in [-0.3, -0.25) is 9.79 Å². The molecule has 1 aromatic heterocycles. The molecule has 150 valence electrons. The topological polar surface area (TPSA) is 46.4 Å². The third-order valence-electron chi connectivity index (χ3n) is 5.86. The van der Waals surface area contributed by atoms with Crippen molar-refractivity contribution in [1.82, 2.24) is 9.88 Å². The van der Waals surface area contributed by atoms with Crippen LogP contribution in [0.4, 0.5) is 0 Å². The summed E-state index contributed by atoms with van der Waals surface area (Å²) in [7, 11) is 0. The summed E-state index contributed by atoms with van der Waals surface area (Å²) in [5.41, 5.74) is 3.60. The number of nitrogens with zero attached hydrogens (tertiary/aromatic N) is 2. The Labute approximate surface area is 171 Å². The van der Waals surface area contributed by atoms with Crippen LogP contribution in [-0.4, -0.2) is 16.5 Å². The molecular weight excluding hydrogens is 366 g/mol. The van der Waals surface area contributed by atoms with E-state index in [-0.39, 0.29) is 5.91 Å². The fourth-order valence-corrected chi connectivity index (χ4v) is 5.01. The lowest BCUT2D eigenvalue weighted by Crippen LogP contribution is -2.27. The van der Waals surface area contributed by atoms with Gasteiger partial charge in [0.05, 0.1) is 12.5 Å². The summed E-state index contributed by atoms with van der Waals surface area (Å²) in [4.78, 5) is 18.8. The molecule has 2 aromatic rings. The quantitative estimate of drug-likeness (QED) is 0.732. The van der Waals surface area contributed by atoms with Crippen molar-refractivity contribution in [3.63, 3.8) is 0 Å². The molecule has 1 N–H and O–H groups in total. The lowest BCUT2D eigenvalue weighted by Gasteiger charge is -2.17. The maximum Gasteiger partial charge on any atom is 0.226 e. The zero-order valence-electron chi connectivity index (χ0n) is 16.8. The van der Waals surface area contributed by atoms with Gasteiger partial charge in [-0.25, -0.2) is 0 Å². The predicted octanol–water partition coefficient (Wildman–Crippen LogP) is 4.54. The number of nitrogens with one attached hydrogen (secondary N) is 1. The first-order valence-corrected chi connectivity index (χ1v) is 11.7. The van der Waals surface area contributed by atoms with Crippen LogP contribution in [0.3, 0.4) is 0 Å². The van der Waals surface area contributed by atoms with E-state index in [1.165, 1.54) is 50.5 Å². The molecular formula is C23H31N3OS. The number of rotatable bonds is 7. The second-order valence-corrected chi connectivity index (χ2v) is 8.99. The molecule has 1 heterocycles. The van der Waals surface area contributed by atoms with Gasteiger partial charge in [0.15, 0.2) is 4.80 Å². The molecule has 4 rings (SSSR count). The van der Waals surface area contributed by atoms with Gasteiger partial charge in [-0.2, -0.15) is 0 Å². The Morgan fingerprint density at radius 3 is 2.50 bits per heavy atom. The van der Waals surface area contributed by atoms with E-state index in [1.54, 1.807) is 11.3 Å². The second-order valence-electron chi connectivity index (χ2n) is 8.16. The van der Waals surface area contributed by atoms with E-state index in [9.17, 15) is 4.79 Å². The van der Waals surface area contributed by atoms with Crippen molar-refractivity contribution in [3.05, 3.63) is 51.3 Å². The summed E-state index contributed by atoms with van der Waals surface area (Å²) in [6.45, 7) is 2.75. The standard InChI is InChI=1S/C23H31N3OS/c1-2-17-8-10-18(11-9-17)15-24-22(27)14-21-16-28-23(26(21)20-12-13-20)25-19-6-4-3-5-7-19/h8-11,16,19-20H,2-7,12-15H2,1H3,(H,24,27). The van der Waals surface area contributed by atoms with E-state index >= 15 is 0 Å². The minimum atomic E-state index is 0.0935. The van der Waals surface area contributed by atoms with Crippen molar-refractivity contribution >= 4 is 17.2 Å². The summed E-state index contributed by atoms with van der Waals surface area (Å²) in [5, 5.41) is 5.23. The summed E-state index contributed by atoms with van der Waals surface area (Å²) >= 11 is 1.71. The zero-order chi connectivity index (χ0) is 19.3. The SMILES string of the molecule is CCc1ccc(CNC(=O)Cc2csc(=NC3CCCCC3)n2C2CC2)cc1. The molecule has 28 heavy (non-hydrogen) atoms. The van der Waals surface area contributed by atoms with E-state index in [4.69, 9.17) is 4.99 Å². The number of aromatic nitrogens is 1. The van der Waals surface area contributed by atoms with Gasteiger partial charge < -0.3 is 9.88 Å². The average Bonchev–Trinajstić information content (AvgIpc) is 3.50. The van der Waals surface area contributed by atoms with Gasteiger partial charge in [0.1, 0.15) is 0 Å². The molecule has 2 aliphatic rings. The van der Waals surface area contributed by atoms with Crippen LogP contribution in [-0.2, 0) is 24.2 Å². The minimum Gasteiger partial charge on any atom is -0.352 e. The Kier molecular flexibility index (Phi) is 6.30. The molecule has 0 radical (unpaired) electrons. The van der Waals surface area contributed by atoms with Crippen LogP contribution >= 0.6 is 11.3 Å². The Balaban J connectivity index is 1.41. The van der Waals surface area contributed by atoms with Crippen LogP contribution in [0.15, 0.2) is 34.6 Å². The Bertz CT molecular complexity index is 855. The molecule has 4 nitrogen and oxygen atoms in total. The first-order valence-electron chi connectivity index (χ1n) is 10.8. The Morgan fingerprint density at radius 2 is 1.82 bits per heavy atom. The summed E-state index contributed by atoms with van der Waals surface area (Å²) < 4.78 is 2.36. The van der Waals surface area contributed by atoms with Crippen molar-refractivity contribution in [3.8, 4) is 0 Å². The highest BCUT2D eigenvalue weighted by molar-refractivity contribution is 7.07. The monoisotopic (exact) mass is 397 g/mol. The van der Waals surface area contributed by atoms with Crippen molar-refractivity contribution in [2.24, 2.45) is 4.99 Å². The molecule has 0 bridgehead atoms. The average molecular weight is 398 g/mol. The number of hydrogen-bond acceptors (Lipinski definition) is 3. The third-order valence-corrected chi connectivity index (χ3v) is 6.76. The number of carbonyl (C=O) groups excluding carboxylic acids is 1. The summed E-state index contributed by atoms with van der Waals surface area (Å²) in [6.07, 6.45) is 10.3. The number of benzene rings is 1. The van der Waals surface area contributed by atoms with Crippen molar-refractivity contribution < 1.29 is 4.79 Å². The first kappa shape index (κ1) is 19.4. The van der Waals surface area contributed by atoms with Crippen molar-refractivity contribution in [1.29, 1.82) is 0 Å². The number of hydrogen-bond donors (Lipinski definition) is 1. The van der Waals surface area contributed by atoms with Crippen LogP contribution < -0.4 is 10.1 Å². The van der Waals surface area contributed by atoms with E-state index in [0.717, 1.165) is 22.5 Å². The molecule has 0 atom stereocenters. The van der Waals surface area contributed by atoms with Gasteiger partial charge >= 0.3 is 0 Å². The van der Waals surface area contributed by atoms with E-state index < -0.39 is 0 Å². The molecule has 2 saturated carbocycles. The van der Waals surface area contributed by atoms with E-state index in [0.29, 0.717) is 25.0 Å². The highest BCUT2D eigenvalue weighted by atomic mass is 32.1. The Hall–Kier alpha value is -1.88. The highest BCUT2D eigenvalue weighted by Gasteiger charge is 2.28. The van der Waals surface area contributed by atoms with Gasteiger partial charge in [-0.15, -0.1) is 11.3 Å². The van der Waals surface area contributed by atoms with Crippen LogP contribution in [0.5, 0.6) is 0 Å². The lowest BCUT2D eigenvalue weighted by molar-refractivity contribution is -0.120. The molecule has 5 heteroatoms. The summed E-state index contributed by atoms with van der Waals surface area (Å²) in [5.74, 6) is 0.0935. The minimum absolute atomic E-state index is 0.0935. The van der Waals surface area contributed by atoms with Crippen molar-refractivity contribution in [2.75, 3.05) is 0 Å². The molecule has 0 saturated heterocycles. The molecule has 0 aliphatic heterocycles. The lowest BCUT2D eigenvalue weighted by atomic mass is 9.96. The molecule has 2 aliphatic carbocycles. The van der Waals surface area contributed by atoms with Gasteiger partial charge in [0.25, 0.3) is 0 Å². The molecule has 0 spiro atoms. The van der Waals surface area contributed by atoms with E-state index in [1.807, 2.05) is 0 Å². The predicted molar refractivity (Wildman–Crippen MR) is 114 cm³/mol. The fraction of sp³-hybridized carbons (Fsp3) is 0.565. The smallest absolute Gasteiger partial charge is 0.226 e. The second kappa shape index (κ2) is 9.08. The van der Waals surface area contributed by atoms with Gasteiger partial charge in [-0.1, -0.05) is 50.5 Å². The normalized spacial score (nSPS) is 18.4. The number of aryl methyl sites for hydroxylation is 1. The molecule has 0 unspecified atom stereocenters. The van der Waals surface area contributed by atoms with Crippen LogP contribution in [0.2, 0.25) is 0 Å². The van der Waals surface area contributed by atoms with Crippen molar-refractivity contribution in [2.45, 2.75) is 83.3 Å². The van der Waals surface area contributed by atoms with Crippen LogP contribution in [0, 0.1) is 0 Å². The first-order chi connectivity index (χ1) is 13.7. The van der Waals surface area contributed by atoms with Gasteiger partial charge in [0, 0.05) is 23.7 Å². The van der Waals surface area contributed by atoms with Crippen LogP contribution in [0.25, 0.3) is 0 Å². The molecule has 2 fully saturated rings. The van der Waals surface area contributed by atoms with E-state index in [2.05, 4.69) is 46.5 Å². The van der Waals surface area contributed by atoms with Gasteiger partial charge in [-0.05, 0) is 43.2 Å². The fourth-order valence-electron chi connectivity index (χ4n) is 3.99. The molecule has 1 amide bonds. The van der Waals surface area contributed by atoms with Crippen LogP contribution in [0.1, 0.15) is 74.7 Å². The van der Waals surface area contributed by atoms with Gasteiger partial charge in [0.2, 0.25) is 5.91 Å². The highest BCUT2D eigenvalue weighted by Crippen LogP contribution is 2.35. The number of carbonyl (C=O) groups is 1. The number of thiazole rings is 1. The maximum absolute atomic E-state index is 12.6. The Morgan fingerprint density at radius 1 is 1.11 bits per heavy atom. The largest absolute Gasteiger partial charge is 0.352 e. The molecule has 1 aromatic carbocycles. The maximum atomic E-state index is 12.6. The number of amides is 1. The summed E-state index contributed by atoms with van der Waals surface area (Å²) in [6, 6.07) is 9.52. The zero-order valence-corrected chi connectivity index (χ0v) is 17.6.